The van der Waals surface area contributed by atoms with Crippen molar-refractivity contribution in [2.75, 3.05) is 0 Å². The maximum absolute atomic E-state index is 11.1. The van der Waals surface area contributed by atoms with E-state index >= 15 is 0 Å². The second-order valence-corrected chi connectivity index (χ2v) is 7.47. The molecule has 0 fully saturated rings. The third kappa shape index (κ3) is 4.23. The average Bonchev–Trinajstić information content (AvgIpc) is 2.73. The first-order valence-electron chi connectivity index (χ1n) is 9.87. The summed E-state index contributed by atoms with van der Waals surface area (Å²) in [7, 11) is 0. The highest BCUT2D eigenvalue weighted by molar-refractivity contribution is 5.73. The second-order valence-electron chi connectivity index (χ2n) is 7.47. The van der Waals surface area contributed by atoms with Crippen molar-refractivity contribution in [1.29, 1.82) is 0 Å². The van der Waals surface area contributed by atoms with Crippen LogP contribution >= 0.6 is 0 Å². The summed E-state index contributed by atoms with van der Waals surface area (Å²) in [5, 5.41) is 9.14. The molecule has 2 nitrogen and oxygen atoms in total. The van der Waals surface area contributed by atoms with E-state index in [-0.39, 0.29) is 12.3 Å². The molecule has 3 aromatic rings. The zero-order valence-corrected chi connectivity index (χ0v) is 15.8. The number of carbonyl (C=O) groups is 1. The lowest BCUT2D eigenvalue weighted by Gasteiger charge is -2.24. The Balaban J connectivity index is 1.50. The normalized spacial score (nSPS) is 16.1. The van der Waals surface area contributed by atoms with Gasteiger partial charge in [-0.1, -0.05) is 84.9 Å². The molecule has 0 heterocycles. The Morgan fingerprint density at radius 1 is 0.893 bits per heavy atom. The summed E-state index contributed by atoms with van der Waals surface area (Å²) in [5.41, 5.74) is 7.31. The van der Waals surface area contributed by atoms with E-state index in [9.17, 15) is 4.79 Å². The van der Waals surface area contributed by atoms with Gasteiger partial charge >= 0.3 is 5.97 Å². The van der Waals surface area contributed by atoms with Crippen molar-refractivity contribution in [2.24, 2.45) is 0 Å². The SMILES string of the molecule is O=C(O)CC1CCCc2cc(/C=C/c3ccc(-c4ccccc4)cc3)ccc21. The van der Waals surface area contributed by atoms with Gasteiger partial charge in [0.1, 0.15) is 0 Å². The molecule has 0 radical (unpaired) electrons. The molecule has 4 rings (SSSR count). The molecule has 1 aliphatic rings. The summed E-state index contributed by atoms with van der Waals surface area (Å²) in [5.74, 6) is -0.550. The van der Waals surface area contributed by atoms with Crippen LogP contribution in [0.1, 0.15) is 47.4 Å². The van der Waals surface area contributed by atoms with Crippen LogP contribution in [0.3, 0.4) is 0 Å². The van der Waals surface area contributed by atoms with Gasteiger partial charge in [-0.2, -0.15) is 0 Å². The minimum Gasteiger partial charge on any atom is -0.481 e. The van der Waals surface area contributed by atoms with Crippen molar-refractivity contribution < 1.29 is 9.90 Å². The number of rotatable bonds is 5. The van der Waals surface area contributed by atoms with Crippen LogP contribution in [0, 0.1) is 0 Å². The van der Waals surface area contributed by atoms with Crippen LogP contribution in [-0.4, -0.2) is 11.1 Å². The molecule has 28 heavy (non-hydrogen) atoms. The Bertz CT molecular complexity index is 985. The van der Waals surface area contributed by atoms with E-state index in [0.29, 0.717) is 0 Å². The van der Waals surface area contributed by atoms with Crippen LogP contribution < -0.4 is 0 Å². The van der Waals surface area contributed by atoms with E-state index in [4.69, 9.17) is 5.11 Å². The van der Waals surface area contributed by atoms with Gasteiger partial charge in [0.2, 0.25) is 0 Å². The van der Waals surface area contributed by atoms with Gasteiger partial charge in [-0.25, -0.2) is 0 Å². The molecule has 0 aromatic heterocycles. The molecular weight excluding hydrogens is 344 g/mol. The van der Waals surface area contributed by atoms with Crippen LogP contribution in [0.4, 0.5) is 0 Å². The molecule has 0 aliphatic heterocycles. The fourth-order valence-electron chi connectivity index (χ4n) is 4.07. The maximum Gasteiger partial charge on any atom is 0.303 e. The van der Waals surface area contributed by atoms with Crippen LogP contribution in [0.15, 0.2) is 72.8 Å². The van der Waals surface area contributed by atoms with E-state index in [1.165, 1.54) is 33.4 Å². The monoisotopic (exact) mass is 368 g/mol. The average molecular weight is 368 g/mol. The number of carboxylic acid groups (broad SMARTS) is 1. The quantitative estimate of drug-likeness (QED) is 0.528. The molecule has 1 N–H and O–H groups in total. The lowest BCUT2D eigenvalue weighted by Crippen LogP contribution is -2.13. The van der Waals surface area contributed by atoms with E-state index < -0.39 is 5.97 Å². The number of aryl methyl sites for hydroxylation is 1. The highest BCUT2D eigenvalue weighted by Crippen LogP contribution is 2.34. The minimum absolute atomic E-state index is 0.157. The molecule has 3 aromatic carbocycles. The predicted octanol–water partition coefficient (Wildman–Crippen LogP) is 6.42. The predicted molar refractivity (Wildman–Crippen MR) is 115 cm³/mol. The van der Waals surface area contributed by atoms with Crippen LogP contribution in [0.2, 0.25) is 0 Å². The lowest BCUT2D eigenvalue weighted by atomic mass is 9.80. The van der Waals surface area contributed by atoms with E-state index in [1.54, 1.807) is 0 Å². The lowest BCUT2D eigenvalue weighted by molar-refractivity contribution is -0.137. The largest absolute Gasteiger partial charge is 0.481 e. The summed E-state index contributed by atoms with van der Waals surface area (Å²) in [6, 6.07) is 25.4. The molecule has 0 saturated carbocycles. The Morgan fingerprint density at radius 3 is 2.32 bits per heavy atom. The van der Waals surface area contributed by atoms with Crippen molar-refractivity contribution in [2.45, 2.75) is 31.6 Å². The first-order chi connectivity index (χ1) is 13.7. The molecule has 1 aliphatic carbocycles. The molecule has 2 heteroatoms. The van der Waals surface area contributed by atoms with Gasteiger partial charge in [-0.3, -0.25) is 4.79 Å². The van der Waals surface area contributed by atoms with E-state index in [1.807, 2.05) is 6.07 Å². The first kappa shape index (κ1) is 18.2. The van der Waals surface area contributed by atoms with Crippen molar-refractivity contribution in [1.82, 2.24) is 0 Å². The number of fused-ring (bicyclic) bond motifs is 1. The third-order valence-corrected chi connectivity index (χ3v) is 5.51. The minimum atomic E-state index is -0.708. The van der Waals surface area contributed by atoms with Gasteiger partial charge in [0, 0.05) is 0 Å². The Kier molecular flexibility index (Phi) is 5.38. The zero-order valence-electron chi connectivity index (χ0n) is 15.8. The molecular formula is C26H24O2. The molecule has 0 saturated heterocycles. The molecule has 0 spiro atoms. The standard InChI is InChI=1S/C26H24O2/c27-26(28)18-24-8-4-7-23-17-20(13-16-25(23)24)10-9-19-11-14-22(15-12-19)21-5-2-1-3-6-21/h1-3,5-6,9-17,24H,4,7-8,18H2,(H,27,28)/b10-9+. The number of hydrogen-bond donors (Lipinski definition) is 1. The fourth-order valence-corrected chi connectivity index (χ4v) is 4.07. The summed E-state index contributed by atoms with van der Waals surface area (Å²) >= 11 is 0. The van der Waals surface area contributed by atoms with Gasteiger partial charge in [0.05, 0.1) is 6.42 Å². The molecule has 0 bridgehead atoms. The second kappa shape index (κ2) is 8.26. The van der Waals surface area contributed by atoms with Crippen LogP contribution in [-0.2, 0) is 11.2 Å². The topological polar surface area (TPSA) is 37.3 Å². The number of carboxylic acids is 1. The fraction of sp³-hybridized carbons (Fsp3) is 0.192. The molecule has 1 unspecified atom stereocenters. The van der Waals surface area contributed by atoms with E-state index in [0.717, 1.165) is 19.3 Å². The van der Waals surface area contributed by atoms with Gasteiger partial charge in [-0.15, -0.1) is 0 Å². The third-order valence-electron chi connectivity index (χ3n) is 5.51. The smallest absolute Gasteiger partial charge is 0.303 e. The van der Waals surface area contributed by atoms with Crippen LogP contribution in [0.25, 0.3) is 23.3 Å². The Labute approximate surface area is 166 Å². The van der Waals surface area contributed by atoms with Gasteiger partial charge in [0.15, 0.2) is 0 Å². The molecule has 0 amide bonds. The Morgan fingerprint density at radius 2 is 1.57 bits per heavy atom. The first-order valence-corrected chi connectivity index (χ1v) is 9.87. The highest BCUT2D eigenvalue weighted by Gasteiger charge is 2.22. The summed E-state index contributed by atoms with van der Waals surface area (Å²) < 4.78 is 0. The maximum atomic E-state index is 11.1. The highest BCUT2D eigenvalue weighted by atomic mass is 16.4. The van der Waals surface area contributed by atoms with Crippen molar-refractivity contribution in [3.8, 4) is 11.1 Å². The van der Waals surface area contributed by atoms with E-state index in [2.05, 4.69) is 78.9 Å². The molecule has 140 valence electrons. The van der Waals surface area contributed by atoms with Crippen molar-refractivity contribution >= 4 is 18.1 Å². The van der Waals surface area contributed by atoms with Gasteiger partial charge in [-0.05, 0) is 58.6 Å². The van der Waals surface area contributed by atoms with Gasteiger partial charge in [0.25, 0.3) is 0 Å². The zero-order chi connectivity index (χ0) is 19.3. The number of benzene rings is 3. The Hall–Kier alpha value is -3.13. The summed E-state index contributed by atoms with van der Waals surface area (Å²) in [4.78, 5) is 11.1. The molecule has 1 atom stereocenters. The summed E-state index contributed by atoms with van der Waals surface area (Å²) in [6.45, 7) is 0. The number of hydrogen-bond acceptors (Lipinski definition) is 1. The number of aliphatic carboxylic acids is 1. The van der Waals surface area contributed by atoms with Gasteiger partial charge < -0.3 is 5.11 Å². The van der Waals surface area contributed by atoms with Crippen molar-refractivity contribution in [3.05, 3.63) is 95.1 Å². The summed E-state index contributed by atoms with van der Waals surface area (Å²) in [6.07, 6.45) is 7.59. The van der Waals surface area contributed by atoms with Crippen molar-refractivity contribution in [3.63, 3.8) is 0 Å². The van der Waals surface area contributed by atoms with Crippen LogP contribution in [0.5, 0.6) is 0 Å².